The Balaban J connectivity index is 1.86. The second kappa shape index (κ2) is 5.90. The maximum Gasteiger partial charge on any atom is 0.320 e. The highest BCUT2D eigenvalue weighted by Crippen LogP contribution is 2.12. The molecule has 0 unspecified atom stereocenters. The second-order valence-electron chi connectivity index (χ2n) is 4.03. The van der Waals surface area contributed by atoms with Crippen LogP contribution in [0.2, 0.25) is 0 Å². The molecule has 1 heterocycles. The highest BCUT2D eigenvalue weighted by Gasteiger charge is 2.04. The monoisotopic (exact) mass is 260 g/mol. The van der Waals surface area contributed by atoms with Crippen LogP contribution in [0.3, 0.4) is 0 Å². The van der Waals surface area contributed by atoms with Crippen LogP contribution in [0.5, 0.6) is 5.75 Å². The maximum absolute atomic E-state index is 11.6. The molecule has 1 aromatic carbocycles. The number of urea groups is 1. The molecule has 0 aliphatic rings. The van der Waals surface area contributed by atoms with E-state index in [1.54, 1.807) is 31.1 Å². The molecule has 0 aliphatic carbocycles. The molecule has 2 aromatic rings. The Kier molecular flexibility index (Phi) is 4.02. The van der Waals surface area contributed by atoms with Gasteiger partial charge in [0.05, 0.1) is 7.11 Å². The molecule has 0 radical (unpaired) electrons. The summed E-state index contributed by atoms with van der Waals surface area (Å²) in [5.74, 6) is 1.29. The Morgan fingerprint density at radius 2 is 2.26 bits per heavy atom. The summed E-state index contributed by atoms with van der Waals surface area (Å²) < 4.78 is 6.74. The van der Waals surface area contributed by atoms with Gasteiger partial charge in [-0.15, -0.1) is 0 Å². The predicted molar refractivity (Wildman–Crippen MR) is 72.1 cm³/mol. The van der Waals surface area contributed by atoms with E-state index in [1.807, 2.05) is 24.3 Å². The van der Waals surface area contributed by atoms with Crippen LogP contribution in [0.25, 0.3) is 0 Å². The van der Waals surface area contributed by atoms with E-state index < -0.39 is 0 Å². The van der Waals surface area contributed by atoms with Crippen LogP contribution in [0, 0.1) is 0 Å². The molecular formula is C13H16N4O2. The molecule has 1 aromatic heterocycles. The lowest BCUT2D eigenvalue weighted by atomic mass is 10.2. The number of carbonyl (C=O) groups is 1. The van der Waals surface area contributed by atoms with E-state index in [0.29, 0.717) is 12.4 Å². The van der Waals surface area contributed by atoms with Crippen LogP contribution < -0.4 is 15.4 Å². The highest BCUT2D eigenvalue weighted by atomic mass is 16.5. The number of carbonyl (C=O) groups excluding carboxylic acids is 1. The zero-order valence-electron chi connectivity index (χ0n) is 10.9. The molecule has 0 aliphatic heterocycles. The zero-order valence-corrected chi connectivity index (χ0v) is 10.9. The third kappa shape index (κ3) is 3.74. The fourth-order valence-corrected chi connectivity index (χ4v) is 1.61. The molecule has 0 bridgehead atoms. The van der Waals surface area contributed by atoms with E-state index in [1.165, 1.54) is 0 Å². The van der Waals surface area contributed by atoms with Gasteiger partial charge in [0.15, 0.2) is 5.82 Å². The first kappa shape index (κ1) is 12.9. The van der Waals surface area contributed by atoms with Crippen LogP contribution in [-0.4, -0.2) is 22.9 Å². The molecule has 0 saturated heterocycles. The van der Waals surface area contributed by atoms with E-state index >= 15 is 0 Å². The summed E-state index contributed by atoms with van der Waals surface area (Å²) >= 11 is 0. The Morgan fingerprint density at radius 1 is 1.42 bits per heavy atom. The second-order valence-corrected chi connectivity index (χ2v) is 4.03. The van der Waals surface area contributed by atoms with Gasteiger partial charge in [0, 0.05) is 25.9 Å². The van der Waals surface area contributed by atoms with Crippen molar-refractivity contribution in [3.63, 3.8) is 0 Å². The molecule has 0 atom stereocenters. The van der Waals surface area contributed by atoms with Crippen molar-refractivity contribution in [2.75, 3.05) is 12.4 Å². The molecule has 2 amide bonds. The smallest absolute Gasteiger partial charge is 0.320 e. The third-order valence-electron chi connectivity index (χ3n) is 2.54. The SMILES string of the molecule is COc1cccc(CNC(=O)Nc2ccn(C)n2)c1. The van der Waals surface area contributed by atoms with Gasteiger partial charge in [-0.3, -0.25) is 10.00 Å². The van der Waals surface area contributed by atoms with E-state index in [4.69, 9.17) is 4.74 Å². The van der Waals surface area contributed by atoms with Crippen LogP contribution in [0.1, 0.15) is 5.56 Å². The van der Waals surface area contributed by atoms with Crippen molar-refractivity contribution in [3.8, 4) is 5.75 Å². The molecule has 2 rings (SSSR count). The normalized spacial score (nSPS) is 10.0. The lowest BCUT2D eigenvalue weighted by molar-refractivity contribution is 0.251. The maximum atomic E-state index is 11.6. The summed E-state index contributed by atoms with van der Waals surface area (Å²) in [6.45, 7) is 0.426. The number of methoxy groups -OCH3 is 1. The number of hydrogen-bond acceptors (Lipinski definition) is 3. The summed E-state index contributed by atoms with van der Waals surface area (Å²) in [7, 11) is 3.40. The first-order valence-electron chi connectivity index (χ1n) is 5.85. The molecule has 0 saturated carbocycles. The van der Waals surface area contributed by atoms with Crippen molar-refractivity contribution in [1.82, 2.24) is 15.1 Å². The average Bonchev–Trinajstić information content (AvgIpc) is 2.82. The van der Waals surface area contributed by atoms with Gasteiger partial charge >= 0.3 is 6.03 Å². The van der Waals surface area contributed by atoms with Gasteiger partial charge in [-0.1, -0.05) is 12.1 Å². The number of nitrogens with one attached hydrogen (secondary N) is 2. The summed E-state index contributed by atoms with van der Waals surface area (Å²) in [6.07, 6.45) is 1.76. The molecule has 6 heteroatoms. The van der Waals surface area contributed by atoms with Crippen LogP contribution in [0.4, 0.5) is 10.6 Å². The van der Waals surface area contributed by atoms with Crippen LogP contribution >= 0.6 is 0 Å². The lowest BCUT2D eigenvalue weighted by Crippen LogP contribution is -2.28. The Bertz CT molecular complexity index is 565. The third-order valence-corrected chi connectivity index (χ3v) is 2.54. The van der Waals surface area contributed by atoms with E-state index in [2.05, 4.69) is 15.7 Å². The summed E-state index contributed by atoms with van der Waals surface area (Å²) in [5, 5.41) is 9.46. The van der Waals surface area contributed by atoms with Gasteiger partial charge in [-0.25, -0.2) is 4.79 Å². The lowest BCUT2D eigenvalue weighted by Gasteiger charge is -2.07. The first-order valence-corrected chi connectivity index (χ1v) is 5.85. The molecule has 19 heavy (non-hydrogen) atoms. The van der Waals surface area contributed by atoms with E-state index in [-0.39, 0.29) is 6.03 Å². The van der Waals surface area contributed by atoms with Gasteiger partial charge in [0.1, 0.15) is 5.75 Å². The summed E-state index contributed by atoms with van der Waals surface area (Å²) in [4.78, 5) is 11.6. The number of ether oxygens (including phenoxy) is 1. The van der Waals surface area contributed by atoms with Gasteiger partial charge in [0.25, 0.3) is 0 Å². The summed E-state index contributed by atoms with van der Waals surface area (Å²) in [5.41, 5.74) is 0.968. The van der Waals surface area contributed by atoms with Crippen LogP contribution in [0.15, 0.2) is 36.5 Å². The quantitative estimate of drug-likeness (QED) is 0.880. The van der Waals surface area contributed by atoms with Gasteiger partial charge in [0.2, 0.25) is 0 Å². The Hall–Kier alpha value is -2.50. The average molecular weight is 260 g/mol. The largest absolute Gasteiger partial charge is 0.497 e. The van der Waals surface area contributed by atoms with Gasteiger partial charge in [-0.2, -0.15) is 5.10 Å². The number of aromatic nitrogens is 2. The number of nitrogens with zero attached hydrogens (tertiary/aromatic N) is 2. The minimum atomic E-state index is -0.290. The number of anilines is 1. The number of aryl methyl sites for hydroxylation is 1. The summed E-state index contributed by atoms with van der Waals surface area (Å²) in [6, 6.07) is 8.97. The standard InChI is InChI=1S/C13H16N4O2/c1-17-7-6-12(16-17)15-13(18)14-9-10-4-3-5-11(8-10)19-2/h3-8H,9H2,1-2H3,(H2,14,15,16,18). The van der Waals surface area contributed by atoms with E-state index in [9.17, 15) is 4.79 Å². The molecular weight excluding hydrogens is 244 g/mol. The molecule has 100 valence electrons. The molecule has 2 N–H and O–H groups in total. The Morgan fingerprint density at radius 3 is 2.95 bits per heavy atom. The van der Waals surface area contributed by atoms with Crippen LogP contribution in [-0.2, 0) is 13.6 Å². The van der Waals surface area contributed by atoms with Crippen molar-refractivity contribution in [2.24, 2.45) is 7.05 Å². The van der Waals surface area contributed by atoms with Gasteiger partial charge in [-0.05, 0) is 17.7 Å². The minimum absolute atomic E-state index is 0.290. The number of rotatable bonds is 4. The first-order chi connectivity index (χ1) is 9.17. The van der Waals surface area contributed by atoms with Crippen molar-refractivity contribution >= 4 is 11.8 Å². The minimum Gasteiger partial charge on any atom is -0.497 e. The number of amides is 2. The van der Waals surface area contributed by atoms with Crippen molar-refractivity contribution in [2.45, 2.75) is 6.54 Å². The molecule has 0 spiro atoms. The van der Waals surface area contributed by atoms with Crippen molar-refractivity contribution in [1.29, 1.82) is 0 Å². The highest BCUT2D eigenvalue weighted by molar-refractivity contribution is 5.88. The fraction of sp³-hybridized carbons (Fsp3) is 0.231. The Labute approximate surface area is 111 Å². The van der Waals surface area contributed by atoms with Gasteiger partial charge < -0.3 is 10.1 Å². The topological polar surface area (TPSA) is 68.2 Å². The fourth-order valence-electron chi connectivity index (χ4n) is 1.61. The van der Waals surface area contributed by atoms with Crippen molar-refractivity contribution < 1.29 is 9.53 Å². The molecule has 0 fully saturated rings. The zero-order chi connectivity index (χ0) is 13.7. The number of benzene rings is 1. The molecule has 6 nitrogen and oxygen atoms in total. The van der Waals surface area contributed by atoms with Crippen molar-refractivity contribution in [3.05, 3.63) is 42.1 Å². The number of hydrogen-bond donors (Lipinski definition) is 2. The predicted octanol–water partition coefficient (Wildman–Crippen LogP) is 1.75. The van der Waals surface area contributed by atoms with E-state index in [0.717, 1.165) is 11.3 Å².